The highest BCUT2D eigenvalue weighted by molar-refractivity contribution is 5.51. The Morgan fingerprint density at radius 3 is 1.48 bits per heavy atom. The molecule has 3 nitrogen and oxygen atoms in total. The van der Waals surface area contributed by atoms with Crippen LogP contribution in [0.25, 0.3) is 0 Å². The number of rotatable bonds is 4. The fourth-order valence-electron chi connectivity index (χ4n) is 3.20. The molecule has 2 aliphatic rings. The Bertz CT molecular complexity index is 689. The first-order valence-corrected chi connectivity index (χ1v) is 8.24. The van der Waals surface area contributed by atoms with Gasteiger partial charge in [0.1, 0.15) is 23.7 Å². The fraction of sp³-hybridized carbons (Fsp3) is 0.400. The maximum Gasteiger partial charge on any atom is 0.136 e. The van der Waals surface area contributed by atoms with Crippen LogP contribution in [0.3, 0.4) is 0 Å². The smallest absolute Gasteiger partial charge is 0.136 e. The van der Waals surface area contributed by atoms with Crippen LogP contribution in [0.15, 0.2) is 36.4 Å². The molecule has 0 radical (unpaired) electrons. The van der Waals surface area contributed by atoms with Crippen molar-refractivity contribution in [2.45, 2.75) is 52.1 Å². The molecule has 0 bridgehead atoms. The van der Waals surface area contributed by atoms with Crippen LogP contribution in [0.5, 0.6) is 11.5 Å². The molecule has 0 N–H and O–H groups in total. The van der Waals surface area contributed by atoms with Crippen LogP contribution >= 0.6 is 0 Å². The van der Waals surface area contributed by atoms with Gasteiger partial charge in [-0.15, -0.1) is 0 Å². The van der Waals surface area contributed by atoms with E-state index in [1.165, 1.54) is 0 Å². The molecule has 2 aromatic carbocycles. The quantitative estimate of drug-likeness (QED) is 0.744. The van der Waals surface area contributed by atoms with Gasteiger partial charge >= 0.3 is 0 Å². The zero-order valence-electron chi connectivity index (χ0n) is 14.0. The molecule has 2 aromatic rings. The predicted molar refractivity (Wildman–Crippen MR) is 89.0 cm³/mol. The number of ether oxygens (including phenoxy) is 3. The molecule has 3 heteroatoms. The van der Waals surface area contributed by atoms with Crippen LogP contribution in [-0.2, 0) is 9.47 Å². The summed E-state index contributed by atoms with van der Waals surface area (Å²) in [7, 11) is 0. The molecule has 23 heavy (non-hydrogen) atoms. The number of hydrogen-bond donors (Lipinski definition) is 0. The standard InChI is InChI=1S/C20H22O3/c1-11-7-5-9-15(19-13(3)21-19)17(11)23-18-12(2)8-6-10-16(18)20-14(4)22-20/h5-10,13-14,19-20H,1-4H3. The van der Waals surface area contributed by atoms with E-state index in [4.69, 9.17) is 14.2 Å². The van der Waals surface area contributed by atoms with E-state index in [0.29, 0.717) is 0 Å². The first-order chi connectivity index (χ1) is 11.1. The van der Waals surface area contributed by atoms with Crippen LogP contribution < -0.4 is 4.74 Å². The van der Waals surface area contributed by atoms with E-state index in [2.05, 4.69) is 64.1 Å². The molecule has 120 valence electrons. The van der Waals surface area contributed by atoms with Crippen molar-refractivity contribution in [3.63, 3.8) is 0 Å². The van der Waals surface area contributed by atoms with Crippen LogP contribution in [0, 0.1) is 13.8 Å². The number of benzene rings is 2. The second-order valence-electron chi connectivity index (χ2n) is 6.61. The zero-order valence-corrected chi connectivity index (χ0v) is 14.0. The number of aryl methyl sites for hydroxylation is 2. The van der Waals surface area contributed by atoms with Crippen molar-refractivity contribution in [1.82, 2.24) is 0 Å². The van der Waals surface area contributed by atoms with Crippen molar-refractivity contribution in [1.29, 1.82) is 0 Å². The second-order valence-corrected chi connectivity index (χ2v) is 6.61. The summed E-state index contributed by atoms with van der Waals surface area (Å²) in [5.74, 6) is 1.84. The van der Waals surface area contributed by atoms with Crippen molar-refractivity contribution >= 4 is 0 Å². The van der Waals surface area contributed by atoms with Crippen LogP contribution in [0.4, 0.5) is 0 Å². The lowest BCUT2D eigenvalue weighted by atomic mass is 10.0. The molecule has 0 spiro atoms. The van der Waals surface area contributed by atoms with E-state index in [9.17, 15) is 0 Å². The largest absolute Gasteiger partial charge is 0.456 e. The van der Waals surface area contributed by atoms with Crippen LogP contribution in [-0.4, -0.2) is 12.2 Å². The second kappa shape index (κ2) is 5.36. The van der Waals surface area contributed by atoms with Crippen molar-refractivity contribution in [2.24, 2.45) is 0 Å². The first kappa shape index (κ1) is 14.7. The molecular formula is C20H22O3. The summed E-state index contributed by atoms with van der Waals surface area (Å²) in [5, 5.41) is 0. The molecule has 0 amide bonds. The lowest BCUT2D eigenvalue weighted by Crippen LogP contribution is -1.99. The number of hydrogen-bond acceptors (Lipinski definition) is 3. The Morgan fingerprint density at radius 1 is 0.739 bits per heavy atom. The lowest BCUT2D eigenvalue weighted by Gasteiger charge is -2.17. The number of para-hydroxylation sites is 2. The van der Waals surface area contributed by atoms with Gasteiger partial charge in [-0.3, -0.25) is 0 Å². The van der Waals surface area contributed by atoms with Gasteiger partial charge in [0.15, 0.2) is 0 Å². The van der Waals surface area contributed by atoms with Gasteiger partial charge < -0.3 is 14.2 Å². The first-order valence-electron chi connectivity index (χ1n) is 8.24. The zero-order chi connectivity index (χ0) is 16.1. The molecule has 2 aliphatic heterocycles. The maximum atomic E-state index is 6.44. The summed E-state index contributed by atoms with van der Waals surface area (Å²) >= 11 is 0. The Morgan fingerprint density at radius 2 is 1.13 bits per heavy atom. The van der Waals surface area contributed by atoms with Crippen molar-refractivity contribution in [3.8, 4) is 11.5 Å². The van der Waals surface area contributed by atoms with Gasteiger partial charge in [-0.1, -0.05) is 36.4 Å². The molecule has 0 aliphatic carbocycles. The highest BCUT2D eigenvalue weighted by Gasteiger charge is 2.40. The minimum Gasteiger partial charge on any atom is -0.456 e. The Hall–Kier alpha value is -1.84. The van der Waals surface area contributed by atoms with Crippen LogP contribution in [0.1, 0.15) is 48.3 Å². The van der Waals surface area contributed by atoms with Gasteiger partial charge in [0.25, 0.3) is 0 Å². The Labute approximate surface area is 137 Å². The third kappa shape index (κ3) is 2.64. The van der Waals surface area contributed by atoms with E-state index >= 15 is 0 Å². The topological polar surface area (TPSA) is 34.3 Å². The minimum absolute atomic E-state index is 0.147. The van der Waals surface area contributed by atoms with Gasteiger partial charge in [0, 0.05) is 11.1 Å². The molecule has 0 saturated carbocycles. The van der Waals surface area contributed by atoms with E-state index < -0.39 is 0 Å². The molecule has 4 rings (SSSR count). The monoisotopic (exact) mass is 310 g/mol. The summed E-state index contributed by atoms with van der Waals surface area (Å²) in [6.45, 7) is 8.35. The van der Waals surface area contributed by atoms with Gasteiger partial charge in [-0.2, -0.15) is 0 Å². The third-order valence-electron chi connectivity index (χ3n) is 4.72. The summed E-state index contributed by atoms with van der Waals surface area (Å²) in [4.78, 5) is 0. The molecular weight excluding hydrogens is 288 g/mol. The predicted octanol–water partition coefficient (Wildman–Crippen LogP) is 5.02. The van der Waals surface area contributed by atoms with Gasteiger partial charge in [0.2, 0.25) is 0 Å². The highest BCUT2D eigenvalue weighted by atomic mass is 16.6. The molecule has 2 fully saturated rings. The fourth-order valence-corrected chi connectivity index (χ4v) is 3.20. The van der Waals surface area contributed by atoms with Gasteiger partial charge in [-0.25, -0.2) is 0 Å². The SMILES string of the molecule is Cc1cccc(C2OC2C)c1Oc1c(C)cccc1C1OC1C. The molecule has 2 saturated heterocycles. The van der Waals surface area contributed by atoms with Crippen molar-refractivity contribution in [2.75, 3.05) is 0 Å². The van der Waals surface area contributed by atoms with E-state index in [0.717, 1.165) is 33.8 Å². The lowest BCUT2D eigenvalue weighted by molar-refractivity contribution is 0.369. The molecule has 2 heterocycles. The normalized spacial score (nSPS) is 28.5. The average molecular weight is 310 g/mol. The van der Waals surface area contributed by atoms with Gasteiger partial charge in [0.05, 0.1) is 12.2 Å². The Kier molecular flexibility index (Phi) is 3.43. The third-order valence-corrected chi connectivity index (χ3v) is 4.72. The highest BCUT2D eigenvalue weighted by Crippen LogP contribution is 2.48. The van der Waals surface area contributed by atoms with E-state index in [-0.39, 0.29) is 24.4 Å². The van der Waals surface area contributed by atoms with E-state index in [1.54, 1.807) is 0 Å². The van der Waals surface area contributed by atoms with Crippen molar-refractivity contribution in [3.05, 3.63) is 58.7 Å². The van der Waals surface area contributed by atoms with Crippen molar-refractivity contribution < 1.29 is 14.2 Å². The average Bonchev–Trinajstić information content (AvgIpc) is 3.42. The Balaban J connectivity index is 1.75. The van der Waals surface area contributed by atoms with Gasteiger partial charge in [-0.05, 0) is 38.8 Å². The molecule has 4 atom stereocenters. The summed E-state index contributed by atoms with van der Waals surface area (Å²) < 4.78 is 17.8. The maximum absolute atomic E-state index is 6.44. The van der Waals surface area contributed by atoms with Crippen LogP contribution in [0.2, 0.25) is 0 Å². The molecule has 4 unspecified atom stereocenters. The summed E-state index contributed by atoms with van der Waals surface area (Å²) in [5.41, 5.74) is 4.53. The summed E-state index contributed by atoms with van der Waals surface area (Å²) in [6.07, 6.45) is 0.825. The molecule has 0 aromatic heterocycles. The summed E-state index contributed by atoms with van der Waals surface area (Å²) in [6, 6.07) is 12.5. The minimum atomic E-state index is 0.147. The van der Waals surface area contributed by atoms with E-state index in [1.807, 2.05) is 0 Å². The number of epoxide rings is 2.